The number of aryl methyl sites for hydroxylation is 1. The van der Waals surface area contributed by atoms with E-state index >= 15 is 0 Å². The van der Waals surface area contributed by atoms with Crippen molar-refractivity contribution in [2.75, 3.05) is 0 Å². The van der Waals surface area contributed by atoms with Gasteiger partial charge in [-0.15, -0.1) is 0 Å². The summed E-state index contributed by atoms with van der Waals surface area (Å²) in [7, 11) is 0. The Hall–Kier alpha value is -1.80. The third kappa shape index (κ3) is 1.36. The van der Waals surface area contributed by atoms with Crippen LogP contribution in [0.5, 0.6) is 0 Å². The van der Waals surface area contributed by atoms with Gasteiger partial charge in [-0.05, 0) is 24.6 Å². The summed E-state index contributed by atoms with van der Waals surface area (Å²) in [6.07, 6.45) is 0. The van der Waals surface area contributed by atoms with Crippen molar-refractivity contribution in [3.05, 3.63) is 34.9 Å². The molecule has 0 fully saturated rings. The van der Waals surface area contributed by atoms with E-state index in [4.69, 9.17) is 10.5 Å². The van der Waals surface area contributed by atoms with E-state index in [-0.39, 0.29) is 0 Å². The normalized spacial score (nSPS) is 8.27. The summed E-state index contributed by atoms with van der Waals surface area (Å²) in [6.45, 7) is 1.85. The Morgan fingerprint density at radius 2 is 1.91 bits per heavy atom. The van der Waals surface area contributed by atoms with Crippen LogP contribution in [0.4, 0.5) is 0 Å². The van der Waals surface area contributed by atoms with Gasteiger partial charge >= 0.3 is 0 Å². The van der Waals surface area contributed by atoms with Crippen molar-refractivity contribution in [3.63, 3.8) is 0 Å². The molecule has 0 heterocycles. The fraction of sp³-hybridized carbons (Fsp3) is 0.111. The smallest absolute Gasteiger partial charge is 0.0994 e. The van der Waals surface area contributed by atoms with Gasteiger partial charge in [-0.25, -0.2) is 0 Å². The molecule has 1 aromatic rings. The minimum Gasteiger partial charge on any atom is -0.192 e. The third-order valence-corrected chi connectivity index (χ3v) is 1.49. The number of benzene rings is 1. The van der Waals surface area contributed by atoms with Crippen LogP contribution in [-0.2, 0) is 0 Å². The molecule has 0 atom stereocenters. The zero-order valence-electron chi connectivity index (χ0n) is 6.13. The first-order valence-electron chi connectivity index (χ1n) is 3.19. The maximum absolute atomic E-state index is 8.58. The topological polar surface area (TPSA) is 47.6 Å². The standard InChI is InChI=1S/C9H6N2/c1-7-2-3-8(5-10)4-9(7)6-11/h2-4H,1H3. The number of nitrogens with zero attached hydrogens (tertiary/aromatic N) is 2. The highest BCUT2D eigenvalue weighted by Crippen LogP contribution is 2.08. The summed E-state index contributed by atoms with van der Waals surface area (Å²) in [5.41, 5.74) is 2.02. The van der Waals surface area contributed by atoms with E-state index in [0.29, 0.717) is 11.1 Å². The molecule has 0 radical (unpaired) electrons. The highest BCUT2D eigenvalue weighted by molar-refractivity contribution is 5.43. The minimum absolute atomic E-state index is 0.534. The predicted octanol–water partition coefficient (Wildman–Crippen LogP) is 1.74. The second-order valence-electron chi connectivity index (χ2n) is 2.25. The maximum Gasteiger partial charge on any atom is 0.0994 e. The zero-order chi connectivity index (χ0) is 8.27. The molecule has 0 bridgehead atoms. The highest BCUT2D eigenvalue weighted by atomic mass is 14.3. The molecule has 1 rings (SSSR count). The van der Waals surface area contributed by atoms with Crippen LogP contribution in [0.3, 0.4) is 0 Å². The van der Waals surface area contributed by atoms with Crippen molar-refractivity contribution in [2.24, 2.45) is 0 Å². The third-order valence-electron chi connectivity index (χ3n) is 1.49. The Labute approximate surface area is 65.3 Å². The van der Waals surface area contributed by atoms with Crippen LogP contribution in [0, 0.1) is 29.6 Å². The van der Waals surface area contributed by atoms with Gasteiger partial charge < -0.3 is 0 Å². The molecule has 0 N–H and O–H groups in total. The second-order valence-corrected chi connectivity index (χ2v) is 2.25. The van der Waals surface area contributed by atoms with Gasteiger partial charge in [0.05, 0.1) is 23.3 Å². The lowest BCUT2D eigenvalue weighted by atomic mass is 10.1. The van der Waals surface area contributed by atoms with Gasteiger partial charge in [0, 0.05) is 0 Å². The Bertz CT molecular complexity index is 353. The van der Waals surface area contributed by atoms with E-state index in [0.717, 1.165) is 5.56 Å². The van der Waals surface area contributed by atoms with Gasteiger partial charge in [-0.3, -0.25) is 0 Å². The van der Waals surface area contributed by atoms with Crippen LogP contribution in [0.1, 0.15) is 16.7 Å². The highest BCUT2D eigenvalue weighted by Gasteiger charge is 1.96. The van der Waals surface area contributed by atoms with Crippen molar-refractivity contribution in [1.29, 1.82) is 10.5 Å². The molecule has 0 aliphatic rings. The molecule has 11 heavy (non-hydrogen) atoms. The largest absolute Gasteiger partial charge is 0.192 e. The van der Waals surface area contributed by atoms with E-state index in [1.807, 2.05) is 19.1 Å². The fourth-order valence-corrected chi connectivity index (χ4v) is 0.812. The van der Waals surface area contributed by atoms with E-state index in [2.05, 4.69) is 0 Å². The van der Waals surface area contributed by atoms with Crippen molar-refractivity contribution in [3.8, 4) is 12.1 Å². The van der Waals surface area contributed by atoms with Crippen molar-refractivity contribution in [2.45, 2.75) is 6.92 Å². The SMILES string of the molecule is Cc1ccc(C#N)cc1C#N. The van der Waals surface area contributed by atoms with Crippen LogP contribution in [0.15, 0.2) is 18.2 Å². The van der Waals surface area contributed by atoms with Gasteiger partial charge in [-0.2, -0.15) is 10.5 Å². The van der Waals surface area contributed by atoms with Gasteiger partial charge in [0.2, 0.25) is 0 Å². The van der Waals surface area contributed by atoms with E-state index in [1.54, 1.807) is 18.2 Å². The van der Waals surface area contributed by atoms with Gasteiger partial charge in [-0.1, -0.05) is 6.07 Å². The maximum atomic E-state index is 8.58. The summed E-state index contributed by atoms with van der Waals surface area (Å²) in [6, 6.07) is 9.07. The number of rotatable bonds is 0. The summed E-state index contributed by atoms with van der Waals surface area (Å²) in [5, 5.41) is 17.1. The Kier molecular flexibility index (Phi) is 1.90. The molecule has 0 aliphatic carbocycles. The van der Waals surface area contributed by atoms with Gasteiger partial charge in [0.1, 0.15) is 0 Å². The summed E-state index contributed by atoms with van der Waals surface area (Å²) < 4.78 is 0. The molecule has 0 aliphatic heterocycles. The molecule has 0 unspecified atom stereocenters. The van der Waals surface area contributed by atoms with Crippen molar-refractivity contribution >= 4 is 0 Å². The predicted molar refractivity (Wildman–Crippen MR) is 40.6 cm³/mol. The lowest BCUT2D eigenvalue weighted by Gasteiger charge is -1.94. The minimum atomic E-state index is 0.534. The van der Waals surface area contributed by atoms with Crippen LogP contribution in [0.2, 0.25) is 0 Å². The monoisotopic (exact) mass is 142 g/mol. The molecule has 0 spiro atoms. The average Bonchev–Trinajstić information content (AvgIpc) is 2.05. The van der Waals surface area contributed by atoms with E-state index < -0.39 is 0 Å². The molecule has 0 amide bonds. The molecule has 0 saturated carbocycles. The first-order valence-corrected chi connectivity index (χ1v) is 3.19. The summed E-state index contributed by atoms with van der Waals surface area (Å²) >= 11 is 0. The lowest BCUT2D eigenvalue weighted by Crippen LogP contribution is -1.82. The average molecular weight is 142 g/mol. The fourth-order valence-electron chi connectivity index (χ4n) is 0.812. The quantitative estimate of drug-likeness (QED) is 0.553. The number of hydrogen-bond acceptors (Lipinski definition) is 2. The van der Waals surface area contributed by atoms with Crippen LogP contribution in [0.25, 0.3) is 0 Å². The molecule has 2 heteroatoms. The van der Waals surface area contributed by atoms with Crippen molar-refractivity contribution < 1.29 is 0 Å². The van der Waals surface area contributed by atoms with Crippen LogP contribution >= 0.6 is 0 Å². The van der Waals surface area contributed by atoms with Gasteiger partial charge in [0.25, 0.3) is 0 Å². The number of nitriles is 2. The molecule has 52 valence electrons. The lowest BCUT2D eigenvalue weighted by molar-refractivity contribution is 1.37. The van der Waals surface area contributed by atoms with E-state index in [9.17, 15) is 0 Å². The summed E-state index contributed by atoms with van der Waals surface area (Å²) in [4.78, 5) is 0. The van der Waals surface area contributed by atoms with Gasteiger partial charge in [0.15, 0.2) is 0 Å². The molecule has 0 aromatic heterocycles. The Balaban J connectivity index is 3.29. The number of hydrogen-bond donors (Lipinski definition) is 0. The molecule has 0 saturated heterocycles. The molecular weight excluding hydrogens is 136 g/mol. The molecular formula is C9H6N2. The molecule has 1 aromatic carbocycles. The Morgan fingerprint density at radius 1 is 1.18 bits per heavy atom. The first kappa shape index (κ1) is 7.31. The Morgan fingerprint density at radius 3 is 2.45 bits per heavy atom. The first-order chi connectivity index (χ1) is 5.27. The molecule has 2 nitrogen and oxygen atoms in total. The van der Waals surface area contributed by atoms with E-state index in [1.165, 1.54) is 0 Å². The second kappa shape index (κ2) is 2.86. The zero-order valence-corrected chi connectivity index (χ0v) is 6.13. The van der Waals surface area contributed by atoms with Crippen LogP contribution in [-0.4, -0.2) is 0 Å². The van der Waals surface area contributed by atoms with Crippen molar-refractivity contribution in [1.82, 2.24) is 0 Å². The van der Waals surface area contributed by atoms with Crippen LogP contribution < -0.4 is 0 Å². The summed E-state index contributed by atoms with van der Waals surface area (Å²) in [5.74, 6) is 0.